The van der Waals surface area contributed by atoms with Gasteiger partial charge in [-0.15, -0.1) is 0 Å². The van der Waals surface area contributed by atoms with Crippen molar-refractivity contribution in [3.63, 3.8) is 0 Å². The molecule has 2 heterocycles. The van der Waals surface area contributed by atoms with E-state index in [4.69, 9.17) is 5.11 Å². The van der Waals surface area contributed by atoms with E-state index in [0.29, 0.717) is 12.6 Å². The molecular formula is C10H15N3O2. The summed E-state index contributed by atoms with van der Waals surface area (Å²) in [5.41, 5.74) is 0.266. The molecule has 1 atom stereocenters. The Morgan fingerprint density at radius 1 is 1.67 bits per heavy atom. The molecule has 0 spiro atoms. The van der Waals surface area contributed by atoms with Gasteiger partial charge in [-0.25, -0.2) is 4.79 Å². The summed E-state index contributed by atoms with van der Waals surface area (Å²) in [4.78, 5) is 10.8. The average molecular weight is 209 g/mol. The maximum absolute atomic E-state index is 10.8. The fourth-order valence-electron chi connectivity index (χ4n) is 1.95. The van der Waals surface area contributed by atoms with E-state index < -0.39 is 5.97 Å². The first kappa shape index (κ1) is 10.2. The van der Waals surface area contributed by atoms with Crippen LogP contribution in [-0.4, -0.2) is 33.4 Å². The molecule has 15 heavy (non-hydrogen) atoms. The molecule has 1 saturated heterocycles. The lowest BCUT2D eigenvalue weighted by Gasteiger charge is -2.23. The Morgan fingerprint density at radius 3 is 3.20 bits per heavy atom. The number of carboxylic acids is 1. The third-order valence-corrected chi connectivity index (χ3v) is 2.74. The van der Waals surface area contributed by atoms with Gasteiger partial charge in [-0.2, -0.15) is 5.10 Å². The van der Waals surface area contributed by atoms with Crippen molar-refractivity contribution in [2.75, 3.05) is 6.54 Å². The Labute approximate surface area is 88.1 Å². The molecule has 82 valence electrons. The number of nitrogens with one attached hydrogen (secondary N) is 1. The second kappa shape index (κ2) is 4.44. The highest BCUT2D eigenvalue weighted by atomic mass is 16.4. The van der Waals surface area contributed by atoms with Gasteiger partial charge < -0.3 is 10.4 Å². The lowest BCUT2D eigenvalue weighted by Crippen LogP contribution is -2.38. The highest BCUT2D eigenvalue weighted by Crippen LogP contribution is 2.10. The number of hydrogen-bond acceptors (Lipinski definition) is 3. The average Bonchev–Trinajstić information content (AvgIpc) is 2.67. The number of carbonyl (C=O) groups is 1. The van der Waals surface area contributed by atoms with E-state index in [9.17, 15) is 4.79 Å². The van der Waals surface area contributed by atoms with Gasteiger partial charge in [0.2, 0.25) is 0 Å². The Balaban J connectivity index is 2.03. The smallest absolute Gasteiger partial charge is 0.354 e. The normalized spacial score (nSPS) is 21.5. The fourth-order valence-corrected chi connectivity index (χ4v) is 1.95. The van der Waals surface area contributed by atoms with Gasteiger partial charge in [0.05, 0.1) is 6.54 Å². The van der Waals surface area contributed by atoms with Gasteiger partial charge in [-0.05, 0) is 25.5 Å². The number of nitrogens with zero attached hydrogens (tertiary/aromatic N) is 2. The molecule has 1 aliphatic rings. The van der Waals surface area contributed by atoms with Crippen LogP contribution in [0.1, 0.15) is 29.8 Å². The molecule has 5 heteroatoms. The predicted octanol–water partition coefficient (Wildman–Crippen LogP) is 0.723. The monoisotopic (exact) mass is 209 g/mol. The van der Waals surface area contributed by atoms with E-state index in [-0.39, 0.29) is 5.69 Å². The van der Waals surface area contributed by atoms with Crippen molar-refractivity contribution in [2.45, 2.75) is 31.8 Å². The molecule has 1 unspecified atom stereocenters. The van der Waals surface area contributed by atoms with Crippen LogP contribution in [-0.2, 0) is 6.54 Å². The van der Waals surface area contributed by atoms with E-state index in [1.165, 1.54) is 25.1 Å². The predicted molar refractivity (Wildman–Crippen MR) is 54.8 cm³/mol. The molecule has 1 fully saturated rings. The summed E-state index contributed by atoms with van der Waals surface area (Å²) in [6.45, 7) is 1.67. The molecular weight excluding hydrogens is 194 g/mol. The second-order valence-corrected chi connectivity index (χ2v) is 3.85. The maximum atomic E-state index is 10.8. The minimum atomic E-state index is -0.914. The van der Waals surface area contributed by atoms with Crippen LogP contribution in [0, 0.1) is 0 Å². The van der Waals surface area contributed by atoms with Crippen LogP contribution in [0.4, 0.5) is 0 Å². The van der Waals surface area contributed by atoms with Crippen LogP contribution >= 0.6 is 0 Å². The number of aromatic nitrogens is 2. The summed E-state index contributed by atoms with van der Waals surface area (Å²) in [7, 11) is 0. The van der Waals surface area contributed by atoms with Gasteiger partial charge in [0.15, 0.2) is 0 Å². The van der Waals surface area contributed by atoms with E-state index in [0.717, 1.165) is 13.0 Å². The first-order chi connectivity index (χ1) is 7.27. The molecule has 0 aromatic carbocycles. The van der Waals surface area contributed by atoms with Crippen LogP contribution < -0.4 is 5.32 Å². The van der Waals surface area contributed by atoms with E-state index in [1.807, 2.05) is 0 Å². The van der Waals surface area contributed by atoms with Crippen LogP contribution in [0.15, 0.2) is 12.3 Å². The van der Waals surface area contributed by atoms with E-state index >= 15 is 0 Å². The third kappa shape index (κ3) is 2.36. The zero-order chi connectivity index (χ0) is 10.7. The topological polar surface area (TPSA) is 67.1 Å². The van der Waals surface area contributed by atoms with Gasteiger partial charge in [0.1, 0.15) is 5.69 Å². The van der Waals surface area contributed by atoms with Crippen molar-refractivity contribution in [1.29, 1.82) is 0 Å². The third-order valence-electron chi connectivity index (χ3n) is 2.74. The zero-order valence-corrected chi connectivity index (χ0v) is 8.52. The van der Waals surface area contributed by atoms with Gasteiger partial charge in [-0.1, -0.05) is 6.42 Å². The molecule has 1 aliphatic heterocycles. The molecule has 0 aliphatic carbocycles. The van der Waals surface area contributed by atoms with Crippen LogP contribution in [0.5, 0.6) is 0 Å². The maximum Gasteiger partial charge on any atom is 0.354 e. The van der Waals surface area contributed by atoms with Crippen molar-refractivity contribution in [3.05, 3.63) is 18.0 Å². The Kier molecular flexibility index (Phi) is 3.01. The summed E-state index contributed by atoms with van der Waals surface area (Å²) in [5.74, 6) is -0.914. The molecule has 0 amide bonds. The quantitative estimate of drug-likeness (QED) is 0.770. The SMILES string of the molecule is O=C(O)c1ccnn1CC1CCCCN1. The van der Waals surface area contributed by atoms with E-state index in [1.54, 1.807) is 4.68 Å². The fraction of sp³-hybridized carbons (Fsp3) is 0.600. The van der Waals surface area contributed by atoms with Gasteiger partial charge in [0.25, 0.3) is 0 Å². The highest BCUT2D eigenvalue weighted by molar-refractivity contribution is 5.85. The molecule has 5 nitrogen and oxygen atoms in total. The summed E-state index contributed by atoms with van der Waals surface area (Å²) in [6, 6.07) is 1.89. The van der Waals surface area contributed by atoms with Crippen molar-refractivity contribution in [2.24, 2.45) is 0 Å². The van der Waals surface area contributed by atoms with Gasteiger partial charge in [-0.3, -0.25) is 4.68 Å². The largest absolute Gasteiger partial charge is 0.477 e. The summed E-state index contributed by atoms with van der Waals surface area (Å²) >= 11 is 0. The van der Waals surface area contributed by atoms with Crippen LogP contribution in [0.3, 0.4) is 0 Å². The van der Waals surface area contributed by atoms with Gasteiger partial charge in [0, 0.05) is 12.2 Å². The second-order valence-electron chi connectivity index (χ2n) is 3.85. The molecule has 0 saturated carbocycles. The van der Waals surface area contributed by atoms with Crippen molar-refractivity contribution < 1.29 is 9.90 Å². The number of hydrogen-bond donors (Lipinski definition) is 2. The molecule has 1 aromatic rings. The van der Waals surface area contributed by atoms with Crippen molar-refractivity contribution in [3.8, 4) is 0 Å². The standard InChI is InChI=1S/C10H15N3O2/c14-10(15)9-4-6-12-13(9)7-8-3-1-2-5-11-8/h4,6,8,11H,1-3,5,7H2,(H,14,15). The molecule has 1 aromatic heterocycles. The number of rotatable bonds is 3. The lowest BCUT2D eigenvalue weighted by atomic mass is 10.1. The summed E-state index contributed by atoms with van der Waals surface area (Å²) in [6.07, 6.45) is 5.05. The first-order valence-corrected chi connectivity index (χ1v) is 5.26. The highest BCUT2D eigenvalue weighted by Gasteiger charge is 2.16. The van der Waals surface area contributed by atoms with Crippen molar-refractivity contribution >= 4 is 5.97 Å². The van der Waals surface area contributed by atoms with E-state index in [2.05, 4.69) is 10.4 Å². The lowest BCUT2D eigenvalue weighted by molar-refractivity contribution is 0.0682. The summed E-state index contributed by atoms with van der Waals surface area (Å²) < 4.78 is 1.56. The number of piperidine rings is 1. The molecule has 2 rings (SSSR count). The van der Waals surface area contributed by atoms with Gasteiger partial charge >= 0.3 is 5.97 Å². The minimum Gasteiger partial charge on any atom is -0.477 e. The Hall–Kier alpha value is -1.36. The van der Waals surface area contributed by atoms with Crippen molar-refractivity contribution in [1.82, 2.24) is 15.1 Å². The zero-order valence-electron chi connectivity index (χ0n) is 8.52. The first-order valence-electron chi connectivity index (χ1n) is 5.26. The number of carboxylic acid groups (broad SMARTS) is 1. The van der Waals surface area contributed by atoms with Crippen LogP contribution in [0.2, 0.25) is 0 Å². The number of aromatic carboxylic acids is 1. The molecule has 0 bridgehead atoms. The Morgan fingerprint density at radius 2 is 2.53 bits per heavy atom. The molecule has 0 radical (unpaired) electrons. The van der Waals surface area contributed by atoms with Crippen LogP contribution in [0.25, 0.3) is 0 Å². The minimum absolute atomic E-state index is 0.266. The Bertz CT molecular complexity index is 342. The molecule has 2 N–H and O–H groups in total. The summed E-state index contributed by atoms with van der Waals surface area (Å²) in [5, 5.41) is 16.3.